The molecule has 0 saturated carbocycles. The highest BCUT2D eigenvalue weighted by Gasteiger charge is 2.31. The summed E-state index contributed by atoms with van der Waals surface area (Å²) in [5, 5.41) is 3.01. The van der Waals surface area contributed by atoms with Gasteiger partial charge in [0.15, 0.2) is 5.82 Å². The van der Waals surface area contributed by atoms with Gasteiger partial charge in [-0.3, -0.25) is 4.79 Å². The van der Waals surface area contributed by atoms with Gasteiger partial charge in [-0.15, -0.1) is 0 Å². The standard InChI is InChI=1S/C19H23FN4O2/c1-12-8-15(20)5-4-14(12)10-18(25)24-6-7-26-11-16(24)19-22-13(2)9-17(21-3)23-19/h4-5,8-9,16H,6-7,10-11H2,1-3H3,(H,21,22,23). The lowest BCUT2D eigenvalue weighted by Gasteiger charge is -2.35. The van der Waals surface area contributed by atoms with Crippen molar-refractivity contribution in [3.05, 3.63) is 52.7 Å². The number of amides is 1. The Labute approximate surface area is 152 Å². The molecule has 0 bridgehead atoms. The van der Waals surface area contributed by atoms with E-state index in [1.165, 1.54) is 12.1 Å². The number of nitrogens with zero attached hydrogens (tertiary/aromatic N) is 3. The zero-order valence-electron chi connectivity index (χ0n) is 15.3. The van der Waals surface area contributed by atoms with Crippen LogP contribution < -0.4 is 5.32 Å². The average Bonchev–Trinajstić information content (AvgIpc) is 2.63. The molecule has 1 unspecified atom stereocenters. The molecule has 1 aromatic heterocycles. The number of nitrogens with one attached hydrogen (secondary N) is 1. The van der Waals surface area contributed by atoms with Crippen LogP contribution in [0.1, 0.15) is 28.7 Å². The number of benzene rings is 1. The first kappa shape index (κ1) is 18.3. The minimum atomic E-state index is -0.330. The van der Waals surface area contributed by atoms with Crippen molar-refractivity contribution in [2.24, 2.45) is 0 Å². The van der Waals surface area contributed by atoms with Crippen LogP contribution in [0.15, 0.2) is 24.3 Å². The predicted molar refractivity (Wildman–Crippen MR) is 96.4 cm³/mol. The van der Waals surface area contributed by atoms with Gasteiger partial charge in [-0.25, -0.2) is 14.4 Å². The van der Waals surface area contributed by atoms with Crippen LogP contribution >= 0.6 is 0 Å². The van der Waals surface area contributed by atoms with E-state index in [0.717, 1.165) is 16.8 Å². The summed E-state index contributed by atoms with van der Waals surface area (Å²) in [6, 6.07) is 6.02. The van der Waals surface area contributed by atoms with Gasteiger partial charge in [-0.05, 0) is 37.1 Å². The van der Waals surface area contributed by atoms with E-state index in [2.05, 4.69) is 15.3 Å². The van der Waals surface area contributed by atoms with Crippen molar-refractivity contribution >= 4 is 11.7 Å². The van der Waals surface area contributed by atoms with Crippen LogP contribution in [0.3, 0.4) is 0 Å². The molecule has 1 atom stereocenters. The second kappa shape index (κ2) is 7.78. The molecule has 7 heteroatoms. The molecule has 0 radical (unpaired) electrons. The van der Waals surface area contributed by atoms with Gasteiger partial charge in [0.1, 0.15) is 17.7 Å². The lowest BCUT2D eigenvalue weighted by molar-refractivity contribution is -0.139. The Bertz CT molecular complexity index is 812. The fourth-order valence-electron chi connectivity index (χ4n) is 3.11. The number of aryl methyl sites for hydroxylation is 2. The van der Waals surface area contributed by atoms with Crippen LogP contribution in [0.2, 0.25) is 0 Å². The molecule has 1 saturated heterocycles. The van der Waals surface area contributed by atoms with Gasteiger partial charge in [0.05, 0.1) is 19.6 Å². The average molecular weight is 358 g/mol. The normalized spacial score (nSPS) is 17.2. The molecule has 0 aliphatic carbocycles. The summed E-state index contributed by atoms with van der Waals surface area (Å²) in [6.45, 7) is 5.03. The monoisotopic (exact) mass is 358 g/mol. The summed E-state index contributed by atoms with van der Waals surface area (Å²) in [4.78, 5) is 23.7. The van der Waals surface area contributed by atoms with Gasteiger partial charge in [0.2, 0.25) is 5.91 Å². The van der Waals surface area contributed by atoms with Crippen molar-refractivity contribution in [1.29, 1.82) is 0 Å². The Morgan fingerprint density at radius 3 is 2.88 bits per heavy atom. The number of ether oxygens (including phenoxy) is 1. The number of anilines is 1. The van der Waals surface area contributed by atoms with E-state index in [4.69, 9.17) is 4.74 Å². The first-order valence-electron chi connectivity index (χ1n) is 8.63. The molecule has 3 rings (SSSR count). The van der Waals surface area contributed by atoms with Crippen LogP contribution in [-0.2, 0) is 16.0 Å². The fraction of sp³-hybridized carbons (Fsp3) is 0.421. The van der Waals surface area contributed by atoms with Gasteiger partial charge in [-0.2, -0.15) is 0 Å². The Hall–Kier alpha value is -2.54. The molecule has 6 nitrogen and oxygen atoms in total. The van der Waals surface area contributed by atoms with Gasteiger partial charge in [-0.1, -0.05) is 6.07 Å². The van der Waals surface area contributed by atoms with Crippen LogP contribution in [0, 0.1) is 19.7 Å². The lowest BCUT2D eigenvalue weighted by atomic mass is 10.0. The summed E-state index contributed by atoms with van der Waals surface area (Å²) in [5.41, 5.74) is 2.42. The Morgan fingerprint density at radius 1 is 1.35 bits per heavy atom. The highest BCUT2D eigenvalue weighted by Crippen LogP contribution is 2.24. The number of aromatic nitrogens is 2. The predicted octanol–water partition coefficient (Wildman–Crippen LogP) is 2.42. The van der Waals surface area contributed by atoms with Crippen LogP contribution in [0.4, 0.5) is 10.2 Å². The minimum absolute atomic E-state index is 0.0379. The van der Waals surface area contributed by atoms with Gasteiger partial charge < -0.3 is 15.0 Å². The molecule has 1 aliphatic rings. The summed E-state index contributed by atoms with van der Waals surface area (Å²) in [5.74, 6) is 0.943. The highest BCUT2D eigenvalue weighted by atomic mass is 19.1. The number of rotatable bonds is 4. The van der Waals surface area contributed by atoms with Gasteiger partial charge in [0, 0.05) is 25.4 Å². The van der Waals surface area contributed by atoms with E-state index in [1.807, 2.05) is 19.9 Å². The number of morpholine rings is 1. The quantitative estimate of drug-likeness (QED) is 0.909. The van der Waals surface area contributed by atoms with E-state index in [1.54, 1.807) is 18.0 Å². The first-order chi connectivity index (χ1) is 12.5. The number of carbonyl (C=O) groups is 1. The van der Waals surface area contributed by atoms with Gasteiger partial charge >= 0.3 is 0 Å². The van der Waals surface area contributed by atoms with Crippen molar-refractivity contribution in [3.8, 4) is 0 Å². The molecule has 1 N–H and O–H groups in total. The second-order valence-electron chi connectivity index (χ2n) is 6.43. The second-order valence-corrected chi connectivity index (χ2v) is 6.43. The van der Waals surface area contributed by atoms with Crippen LogP contribution in [-0.4, -0.2) is 47.6 Å². The van der Waals surface area contributed by atoms with Crippen molar-refractivity contribution in [1.82, 2.24) is 14.9 Å². The summed E-state index contributed by atoms with van der Waals surface area (Å²) in [6.07, 6.45) is 0.216. The molecule has 26 heavy (non-hydrogen) atoms. The Kier molecular flexibility index (Phi) is 5.46. The maximum Gasteiger partial charge on any atom is 0.227 e. The van der Waals surface area contributed by atoms with Crippen LogP contribution in [0.25, 0.3) is 0 Å². The SMILES string of the molecule is CNc1cc(C)nc(C2COCCN2C(=O)Cc2ccc(F)cc2C)n1. The maximum absolute atomic E-state index is 13.3. The third-order valence-electron chi connectivity index (χ3n) is 4.52. The fourth-order valence-corrected chi connectivity index (χ4v) is 3.11. The zero-order chi connectivity index (χ0) is 18.7. The highest BCUT2D eigenvalue weighted by molar-refractivity contribution is 5.79. The Balaban J connectivity index is 1.84. The number of carbonyl (C=O) groups excluding carboxylic acids is 1. The molecule has 1 aliphatic heterocycles. The molecule has 2 aromatic rings. The molecule has 0 spiro atoms. The minimum Gasteiger partial charge on any atom is -0.377 e. The lowest BCUT2D eigenvalue weighted by Crippen LogP contribution is -2.44. The third kappa shape index (κ3) is 3.99. The van der Waals surface area contributed by atoms with Gasteiger partial charge in [0.25, 0.3) is 0 Å². The molecule has 1 fully saturated rings. The summed E-state index contributed by atoms with van der Waals surface area (Å²) >= 11 is 0. The third-order valence-corrected chi connectivity index (χ3v) is 4.52. The smallest absolute Gasteiger partial charge is 0.227 e. The summed E-state index contributed by atoms with van der Waals surface area (Å²) in [7, 11) is 1.79. The van der Waals surface area contributed by atoms with E-state index in [9.17, 15) is 9.18 Å². The number of halogens is 1. The molecule has 1 amide bonds. The van der Waals surface area contributed by atoms with Crippen molar-refractivity contribution < 1.29 is 13.9 Å². The first-order valence-corrected chi connectivity index (χ1v) is 8.63. The molecular weight excluding hydrogens is 335 g/mol. The maximum atomic E-state index is 13.3. The molecule has 2 heterocycles. The van der Waals surface area contributed by atoms with E-state index in [0.29, 0.717) is 31.4 Å². The molecule has 1 aromatic carbocycles. The zero-order valence-corrected chi connectivity index (χ0v) is 15.3. The van der Waals surface area contributed by atoms with Crippen molar-refractivity contribution in [2.45, 2.75) is 26.3 Å². The largest absolute Gasteiger partial charge is 0.377 e. The molecule has 138 valence electrons. The van der Waals surface area contributed by atoms with E-state index < -0.39 is 0 Å². The van der Waals surface area contributed by atoms with Crippen LogP contribution in [0.5, 0.6) is 0 Å². The number of hydrogen-bond donors (Lipinski definition) is 1. The topological polar surface area (TPSA) is 67.4 Å². The summed E-state index contributed by atoms with van der Waals surface area (Å²) < 4.78 is 18.9. The van der Waals surface area contributed by atoms with E-state index in [-0.39, 0.29) is 24.2 Å². The Morgan fingerprint density at radius 2 is 2.15 bits per heavy atom. The molecular formula is C19H23FN4O2. The number of hydrogen-bond acceptors (Lipinski definition) is 5. The van der Waals surface area contributed by atoms with Crippen molar-refractivity contribution in [3.63, 3.8) is 0 Å². The van der Waals surface area contributed by atoms with Crippen molar-refractivity contribution in [2.75, 3.05) is 32.1 Å². The van der Waals surface area contributed by atoms with E-state index >= 15 is 0 Å².